The number of ether oxygens (including phenoxy) is 2. The van der Waals surface area contributed by atoms with Crippen molar-refractivity contribution in [3.05, 3.63) is 59.2 Å². The molecule has 2 N–H and O–H groups in total. The number of aliphatic hydroxyl groups is 1. The molecule has 2 aromatic carbocycles. The molecule has 4 rings (SSSR count). The van der Waals surface area contributed by atoms with Crippen LogP contribution in [0.2, 0.25) is 0 Å². The van der Waals surface area contributed by atoms with Gasteiger partial charge in [0.15, 0.2) is 0 Å². The number of aliphatic hydroxyl groups excluding tert-OH is 1. The summed E-state index contributed by atoms with van der Waals surface area (Å²) >= 11 is 0. The van der Waals surface area contributed by atoms with Crippen molar-refractivity contribution >= 4 is 23.1 Å². The lowest BCUT2D eigenvalue weighted by atomic mass is 9.94. The molecule has 2 aliphatic rings. The third kappa shape index (κ3) is 4.59. The van der Waals surface area contributed by atoms with Gasteiger partial charge in [0.1, 0.15) is 23.9 Å². The number of phenols is 1. The Labute approximate surface area is 199 Å². The molecular weight excluding hydrogens is 436 g/mol. The number of fused-ring (bicyclic) bond motifs is 1. The molecular formula is C26H30N2O6. The molecule has 0 aromatic heterocycles. The molecule has 0 aliphatic carbocycles. The number of carbonyl (C=O) groups excluding carboxylic acids is 2. The molecule has 0 radical (unpaired) electrons. The zero-order chi connectivity index (χ0) is 24.4. The molecule has 1 saturated heterocycles. The van der Waals surface area contributed by atoms with Crippen molar-refractivity contribution in [2.24, 2.45) is 0 Å². The Morgan fingerprint density at radius 1 is 1.21 bits per heavy atom. The molecule has 1 fully saturated rings. The third-order valence-electron chi connectivity index (χ3n) is 6.05. The average molecular weight is 467 g/mol. The van der Waals surface area contributed by atoms with E-state index in [4.69, 9.17) is 9.47 Å². The van der Waals surface area contributed by atoms with Crippen LogP contribution in [0.15, 0.2) is 48.0 Å². The predicted molar refractivity (Wildman–Crippen MR) is 128 cm³/mol. The minimum Gasteiger partial charge on any atom is -0.508 e. The molecule has 180 valence electrons. The van der Waals surface area contributed by atoms with Gasteiger partial charge in [-0.1, -0.05) is 12.1 Å². The van der Waals surface area contributed by atoms with Gasteiger partial charge in [-0.15, -0.1) is 0 Å². The summed E-state index contributed by atoms with van der Waals surface area (Å²) < 4.78 is 11.3. The number of nitrogens with zero attached hydrogens (tertiary/aromatic N) is 2. The number of Topliss-reactive ketones (excluding diaryl/α,β-unsaturated/α-hetero) is 1. The number of phenolic OH excluding ortho intramolecular Hbond substituents is 1. The van der Waals surface area contributed by atoms with Crippen molar-refractivity contribution in [2.75, 3.05) is 38.3 Å². The van der Waals surface area contributed by atoms with Crippen molar-refractivity contribution in [1.82, 2.24) is 4.90 Å². The van der Waals surface area contributed by atoms with E-state index >= 15 is 0 Å². The minimum absolute atomic E-state index is 0.000270. The van der Waals surface area contributed by atoms with E-state index in [2.05, 4.69) is 0 Å². The Balaban J connectivity index is 1.76. The van der Waals surface area contributed by atoms with Crippen LogP contribution in [0, 0.1) is 0 Å². The Bertz CT molecular complexity index is 1130. The van der Waals surface area contributed by atoms with Crippen molar-refractivity contribution in [1.29, 1.82) is 0 Å². The highest BCUT2D eigenvalue weighted by atomic mass is 16.5. The number of hydrogen-bond acceptors (Lipinski definition) is 7. The summed E-state index contributed by atoms with van der Waals surface area (Å²) in [6, 6.07) is 10.8. The zero-order valence-corrected chi connectivity index (χ0v) is 19.7. The van der Waals surface area contributed by atoms with Crippen LogP contribution in [0.4, 0.5) is 5.69 Å². The van der Waals surface area contributed by atoms with Gasteiger partial charge in [-0.2, -0.15) is 0 Å². The van der Waals surface area contributed by atoms with Crippen LogP contribution in [0.5, 0.6) is 11.5 Å². The zero-order valence-electron chi connectivity index (χ0n) is 19.7. The van der Waals surface area contributed by atoms with Gasteiger partial charge in [0.2, 0.25) is 0 Å². The monoisotopic (exact) mass is 466 g/mol. The molecule has 0 bridgehead atoms. The molecule has 2 aliphatic heterocycles. The molecule has 0 spiro atoms. The van der Waals surface area contributed by atoms with Gasteiger partial charge >= 0.3 is 0 Å². The molecule has 8 nitrogen and oxygen atoms in total. The predicted octanol–water partition coefficient (Wildman–Crippen LogP) is 3.46. The van der Waals surface area contributed by atoms with Gasteiger partial charge < -0.3 is 29.5 Å². The van der Waals surface area contributed by atoms with E-state index in [-0.39, 0.29) is 29.7 Å². The highest BCUT2D eigenvalue weighted by Gasteiger charge is 2.46. The lowest BCUT2D eigenvalue weighted by molar-refractivity contribution is -0.140. The topological polar surface area (TPSA) is 99.5 Å². The van der Waals surface area contributed by atoms with Crippen molar-refractivity contribution in [2.45, 2.75) is 32.4 Å². The highest BCUT2D eigenvalue weighted by Crippen LogP contribution is 2.41. The van der Waals surface area contributed by atoms with Crippen molar-refractivity contribution < 1.29 is 29.3 Å². The largest absolute Gasteiger partial charge is 0.508 e. The van der Waals surface area contributed by atoms with E-state index in [1.807, 2.05) is 25.8 Å². The van der Waals surface area contributed by atoms with Crippen LogP contribution in [0.25, 0.3) is 5.76 Å². The molecule has 1 unspecified atom stereocenters. The fraction of sp³-hybridized carbons (Fsp3) is 0.385. The molecule has 2 aromatic rings. The van der Waals surface area contributed by atoms with Gasteiger partial charge in [0.25, 0.3) is 11.7 Å². The van der Waals surface area contributed by atoms with Gasteiger partial charge in [-0.3, -0.25) is 9.59 Å². The second-order valence-electron chi connectivity index (χ2n) is 8.81. The number of likely N-dealkylation sites (tertiary alicyclic amines) is 1. The number of aromatic hydroxyl groups is 1. The van der Waals surface area contributed by atoms with E-state index in [0.29, 0.717) is 43.1 Å². The first-order chi connectivity index (χ1) is 16.3. The SMILES string of the molecule is CC(C)OCCCN1C(=O)C(=O)/C(=C(\O)c2ccc3c(c2)N(C)CCO3)C1c1cccc(O)c1. The average Bonchev–Trinajstić information content (AvgIpc) is 3.06. The minimum atomic E-state index is -0.823. The summed E-state index contributed by atoms with van der Waals surface area (Å²) in [5, 5.41) is 21.4. The molecule has 34 heavy (non-hydrogen) atoms. The van der Waals surface area contributed by atoms with Crippen LogP contribution in [0.1, 0.15) is 37.4 Å². The van der Waals surface area contributed by atoms with E-state index in [9.17, 15) is 19.8 Å². The maximum Gasteiger partial charge on any atom is 0.295 e. The van der Waals surface area contributed by atoms with Crippen LogP contribution >= 0.6 is 0 Å². The van der Waals surface area contributed by atoms with Crippen LogP contribution in [-0.4, -0.2) is 66.3 Å². The fourth-order valence-corrected chi connectivity index (χ4v) is 4.36. The Morgan fingerprint density at radius 2 is 2.00 bits per heavy atom. The van der Waals surface area contributed by atoms with Crippen LogP contribution < -0.4 is 9.64 Å². The Kier molecular flexibility index (Phi) is 6.79. The first-order valence-corrected chi connectivity index (χ1v) is 11.4. The van der Waals surface area contributed by atoms with E-state index in [1.54, 1.807) is 30.3 Å². The summed E-state index contributed by atoms with van der Waals surface area (Å²) in [6.45, 7) is 5.83. The molecule has 1 atom stereocenters. The Morgan fingerprint density at radius 3 is 2.74 bits per heavy atom. The lowest BCUT2D eigenvalue weighted by Crippen LogP contribution is -2.31. The molecule has 8 heteroatoms. The second-order valence-corrected chi connectivity index (χ2v) is 8.81. The first-order valence-electron chi connectivity index (χ1n) is 11.4. The highest BCUT2D eigenvalue weighted by molar-refractivity contribution is 6.46. The summed E-state index contributed by atoms with van der Waals surface area (Å²) in [5.74, 6) is -0.982. The van der Waals surface area contributed by atoms with E-state index in [1.165, 1.54) is 17.0 Å². The normalized spacial score (nSPS) is 19.5. The number of likely N-dealkylation sites (N-methyl/N-ethyl adjacent to an activating group) is 1. The van der Waals surface area contributed by atoms with E-state index < -0.39 is 17.7 Å². The summed E-state index contributed by atoms with van der Waals surface area (Å²) in [6.07, 6.45) is 0.588. The van der Waals surface area contributed by atoms with Gasteiger partial charge in [0, 0.05) is 25.8 Å². The molecule has 0 saturated carbocycles. The summed E-state index contributed by atoms with van der Waals surface area (Å²) in [7, 11) is 1.93. The van der Waals surface area contributed by atoms with Gasteiger partial charge in [0.05, 0.1) is 30.0 Å². The standard InChI is InChI=1S/C26H30N2O6/c1-16(2)33-12-5-10-28-23(17-6-4-7-19(29)14-17)22(25(31)26(28)32)24(30)18-8-9-21-20(15-18)27(3)11-13-34-21/h4,6-9,14-16,23,29-30H,5,10-13H2,1-3H3/b24-22-. The van der Waals surface area contributed by atoms with Gasteiger partial charge in [-0.25, -0.2) is 0 Å². The quantitative estimate of drug-likeness (QED) is 0.279. The molecule has 2 heterocycles. The number of ketones is 1. The van der Waals surface area contributed by atoms with E-state index in [0.717, 1.165) is 5.69 Å². The van der Waals surface area contributed by atoms with Crippen molar-refractivity contribution in [3.63, 3.8) is 0 Å². The van der Waals surface area contributed by atoms with Crippen molar-refractivity contribution in [3.8, 4) is 11.5 Å². The number of carbonyl (C=O) groups is 2. The van der Waals surface area contributed by atoms with Crippen LogP contribution in [-0.2, 0) is 14.3 Å². The van der Waals surface area contributed by atoms with Crippen LogP contribution in [0.3, 0.4) is 0 Å². The molecule has 1 amide bonds. The third-order valence-corrected chi connectivity index (χ3v) is 6.05. The fourth-order valence-electron chi connectivity index (χ4n) is 4.36. The number of hydrogen-bond donors (Lipinski definition) is 2. The summed E-state index contributed by atoms with van der Waals surface area (Å²) in [5.41, 5.74) is 1.76. The van der Waals surface area contributed by atoms with Gasteiger partial charge in [-0.05, 0) is 56.2 Å². The number of amides is 1. The number of rotatable bonds is 7. The first kappa shape index (κ1) is 23.6. The maximum atomic E-state index is 13.2. The Hall–Kier alpha value is -3.52. The number of anilines is 1. The second kappa shape index (κ2) is 9.77. The smallest absolute Gasteiger partial charge is 0.295 e. The maximum absolute atomic E-state index is 13.2. The number of benzene rings is 2. The summed E-state index contributed by atoms with van der Waals surface area (Å²) in [4.78, 5) is 29.6. The lowest BCUT2D eigenvalue weighted by Gasteiger charge is -2.28.